The van der Waals surface area contributed by atoms with E-state index in [1.807, 2.05) is 0 Å². The van der Waals surface area contributed by atoms with Crippen LogP contribution in [0.2, 0.25) is 0 Å². The van der Waals surface area contributed by atoms with Crippen molar-refractivity contribution in [2.75, 3.05) is 0 Å². The Morgan fingerprint density at radius 1 is 1.17 bits per heavy atom. The summed E-state index contributed by atoms with van der Waals surface area (Å²) in [6.45, 7) is 12.3. The fraction of sp³-hybridized carbons (Fsp3) is 1.00. The first-order chi connectivity index (χ1) is 8.54. The Labute approximate surface area is 115 Å². The molecule has 0 heterocycles. The second-order valence-corrected chi connectivity index (χ2v) is 7.71. The molecule has 0 aromatic carbocycles. The molecule has 5 atom stereocenters. The first-order valence-electron chi connectivity index (χ1n) is 8.54. The second kappa shape index (κ2) is 5.55. The lowest BCUT2D eigenvalue weighted by Crippen LogP contribution is -2.25. The van der Waals surface area contributed by atoms with E-state index in [2.05, 4.69) is 34.6 Å². The molecule has 5 unspecified atom stereocenters. The van der Waals surface area contributed by atoms with Gasteiger partial charge in [-0.25, -0.2) is 0 Å². The van der Waals surface area contributed by atoms with E-state index in [0.717, 1.165) is 29.6 Å². The summed E-state index contributed by atoms with van der Waals surface area (Å²) in [5.74, 6) is 5.04. The summed E-state index contributed by atoms with van der Waals surface area (Å²) in [6.07, 6.45) is 10.3. The van der Waals surface area contributed by atoms with Gasteiger partial charge in [0.25, 0.3) is 0 Å². The van der Waals surface area contributed by atoms with Gasteiger partial charge in [0.2, 0.25) is 0 Å². The topological polar surface area (TPSA) is 0 Å². The van der Waals surface area contributed by atoms with Crippen molar-refractivity contribution in [3.8, 4) is 0 Å². The van der Waals surface area contributed by atoms with Gasteiger partial charge in [-0.3, -0.25) is 0 Å². The number of unbranched alkanes of at least 4 members (excludes halogenated alkanes) is 1. The van der Waals surface area contributed by atoms with Gasteiger partial charge in [-0.2, -0.15) is 0 Å². The van der Waals surface area contributed by atoms with E-state index >= 15 is 0 Å². The molecule has 0 aromatic heterocycles. The van der Waals surface area contributed by atoms with E-state index in [1.54, 1.807) is 0 Å². The average Bonchev–Trinajstić information content (AvgIpc) is 2.78. The fourth-order valence-corrected chi connectivity index (χ4v) is 5.58. The summed E-state index contributed by atoms with van der Waals surface area (Å²) in [5, 5.41) is 0. The predicted molar refractivity (Wildman–Crippen MR) is 80.6 cm³/mol. The normalized spacial score (nSPS) is 43.7. The molecule has 0 heteroatoms. The third kappa shape index (κ3) is 2.25. The first-order valence-corrected chi connectivity index (χ1v) is 8.54. The first kappa shape index (κ1) is 14.4. The molecule has 18 heavy (non-hydrogen) atoms. The highest BCUT2D eigenvalue weighted by atomic mass is 14.6. The van der Waals surface area contributed by atoms with Gasteiger partial charge in [0.15, 0.2) is 0 Å². The molecule has 2 rings (SSSR count). The van der Waals surface area contributed by atoms with Crippen LogP contribution in [0, 0.1) is 35.0 Å². The lowest BCUT2D eigenvalue weighted by Gasteiger charge is -2.32. The summed E-state index contributed by atoms with van der Waals surface area (Å²) in [5.41, 5.74) is 0.697. The number of fused-ring (bicyclic) bond motifs is 1. The summed E-state index contributed by atoms with van der Waals surface area (Å²) in [7, 11) is 0. The molecule has 2 aliphatic carbocycles. The van der Waals surface area contributed by atoms with E-state index in [0.29, 0.717) is 5.41 Å². The Morgan fingerprint density at radius 2 is 1.89 bits per heavy atom. The van der Waals surface area contributed by atoms with Crippen LogP contribution in [0.4, 0.5) is 0 Å². The van der Waals surface area contributed by atoms with Gasteiger partial charge in [0, 0.05) is 0 Å². The van der Waals surface area contributed by atoms with Crippen LogP contribution >= 0.6 is 0 Å². The molecule has 0 amide bonds. The van der Waals surface area contributed by atoms with Crippen LogP contribution in [0.3, 0.4) is 0 Å². The number of rotatable bonds is 5. The summed E-state index contributed by atoms with van der Waals surface area (Å²) >= 11 is 0. The van der Waals surface area contributed by atoms with Gasteiger partial charge in [-0.05, 0) is 60.7 Å². The molecule has 0 nitrogen and oxygen atoms in total. The minimum absolute atomic E-state index is 0.697. The Kier molecular flexibility index (Phi) is 4.44. The highest BCUT2D eigenvalue weighted by Gasteiger charge is 2.56. The molecule has 2 aliphatic rings. The van der Waals surface area contributed by atoms with Crippen molar-refractivity contribution in [3.63, 3.8) is 0 Å². The second-order valence-electron chi connectivity index (χ2n) is 7.71. The molecule has 106 valence electrons. The molecule has 0 radical (unpaired) electrons. The molecule has 2 saturated carbocycles. The van der Waals surface area contributed by atoms with Crippen LogP contribution in [0.5, 0.6) is 0 Å². The van der Waals surface area contributed by atoms with Crippen molar-refractivity contribution in [2.45, 2.75) is 79.6 Å². The Morgan fingerprint density at radius 3 is 2.44 bits per heavy atom. The molecule has 0 bridgehead atoms. The van der Waals surface area contributed by atoms with Gasteiger partial charge in [-0.1, -0.05) is 53.9 Å². The standard InChI is InChI=1S/C18H34/c1-6-8-9-15-16(13(3)4)12-18(5)14(7-2)10-11-17(15)18/h13-17H,6-12H2,1-5H3. The summed E-state index contributed by atoms with van der Waals surface area (Å²) in [4.78, 5) is 0. The van der Waals surface area contributed by atoms with Crippen molar-refractivity contribution in [1.29, 1.82) is 0 Å². The van der Waals surface area contributed by atoms with Gasteiger partial charge < -0.3 is 0 Å². The van der Waals surface area contributed by atoms with Crippen molar-refractivity contribution in [2.24, 2.45) is 35.0 Å². The van der Waals surface area contributed by atoms with Crippen molar-refractivity contribution in [3.05, 3.63) is 0 Å². The van der Waals surface area contributed by atoms with E-state index in [4.69, 9.17) is 0 Å². The number of hydrogen-bond donors (Lipinski definition) is 0. The quantitative estimate of drug-likeness (QED) is 0.569. The SMILES string of the molecule is CCCCC1C(C(C)C)CC2(C)C(CC)CCC12. The lowest BCUT2D eigenvalue weighted by molar-refractivity contribution is 0.165. The Hall–Kier alpha value is 0. The number of hydrogen-bond acceptors (Lipinski definition) is 0. The van der Waals surface area contributed by atoms with Crippen molar-refractivity contribution < 1.29 is 0 Å². The van der Waals surface area contributed by atoms with Crippen LogP contribution in [-0.2, 0) is 0 Å². The molecule has 0 N–H and O–H groups in total. The zero-order chi connectivity index (χ0) is 13.3. The monoisotopic (exact) mass is 250 g/mol. The van der Waals surface area contributed by atoms with E-state index in [-0.39, 0.29) is 0 Å². The molecule has 0 aromatic rings. The van der Waals surface area contributed by atoms with Gasteiger partial charge in [-0.15, -0.1) is 0 Å². The van der Waals surface area contributed by atoms with Crippen LogP contribution in [0.1, 0.15) is 79.6 Å². The highest BCUT2D eigenvalue weighted by Crippen LogP contribution is 2.64. The zero-order valence-corrected chi connectivity index (χ0v) is 13.3. The fourth-order valence-electron chi connectivity index (χ4n) is 5.58. The average molecular weight is 250 g/mol. The summed E-state index contributed by atoms with van der Waals surface area (Å²) in [6, 6.07) is 0. The third-order valence-corrected chi connectivity index (χ3v) is 6.59. The van der Waals surface area contributed by atoms with Crippen molar-refractivity contribution in [1.82, 2.24) is 0 Å². The molecular weight excluding hydrogens is 216 g/mol. The smallest absolute Gasteiger partial charge is 0.0264 e. The Bertz CT molecular complexity index is 267. The minimum Gasteiger partial charge on any atom is -0.0654 e. The maximum Gasteiger partial charge on any atom is -0.0264 e. The summed E-state index contributed by atoms with van der Waals surface area (Å²) < 4.78 is 0. The maximum atomic E-state index is 2.64. The van der Waals surface area contributed by atoms with Crippen molar-refractivity contribution >= 4 is 0 Å². The van der Waals surface area contributed by atoms with Crippen LogP contribution in [-0.4, -0.2) is 0 Å². The molecule has 0 saturated heterocycles. The van der Waals surface area contributed by atoms with Gasteiger partial charge in [0.05, 0.1) is 0 Å². The van der Waals surface area contributed by atoms with Crippen LogP contribution in [0.15, 0.2) is 0 Å². The predicted octanol–water partition coefficient (Wildman–Crippen LogP) is 5.91. The lowest BCUT2D eigenvalue weighted by atomic mass is 9.73. The Balaban J connectivity index is 2.16. The molecule has 0 spiro atoms. The van der Waals surface area contributed by atoms with E-state index in [9.17, 15) is 0 Å². The maximum absolute atomic E-state index is 2.64. The molecule has 2 fully saturated rings. The minimum atomic E-state index is 0.697. The van der Waals surface area contributed by atoms with E-state index in [1.165, 1.54) is 44.9 Å². The van der Waals surface area contributed by atoms with Gasteiger partial charge in [0.1, 0.15) is 0 Å². The van der Waals surface area contributed by atoms with Crippen LogP contribution in [0.25, 0.3) is 0 Å². The third-order valence-electron chi connectivity index (χ3n) is 6.59. The zero-order valence-electron chi connectivity index (χ0n) is 13.3. The van der Waals surface area contributed by atoms with Crippen LogP contribution < -0.4 is 0 Å². The molecule has 0 aliphatic heterocycles. The molecular formula is C18H34. The highest BCUT2D eigenvalue weighted by molar-refractivity contribution is 5.05. The largest absolute Gasteiger partial charge is 0.0654 e. The van der Waals surface area contributed by atoms with E-state index < -0.39 is 0 Å². The van der Waals surface area contributed by atoms with Gasteiger partial charge >= 0.3 is 0 Å².